The number of nitrogens with zero attached hydrogens (tertiary/aromatic N) is 1. The Hall–Kier alpha value is -2.04. The zero-order chi connectivity index (χ0) is 13.0. The van der Waals surface area contributed by atoms with Crippen molar-refractivity contribution in [2.24, 2.45) is 0 Å². The number of hydrogen-bond acceptors (Lipinski definition) is 4. The van der Waals surface area contributed by atoms with Crippen LogP contribution in [0.25, 0.3) is 0 Å². The summed E-state index contributed by atoms with van der Waals surface area (Å²) in [5.41, 5.74) is 1.57. The van der Waals surface area contributed by atoms with Crippen LogP contribution < -0.4 is 5.32 Å². The van der Waals surface area contributed by atoms with E-state index in [2.05, 4.69) is 5.32 Å². The fourth-order valence-corrected chi connectivity index (χ4v) is 1.88. The Morgan fingerprint density at radius 1 is 1.56 bits per heavy atom. The monoisotopic (exact) mass is 248 g/mol. The fraction of sp³-hybridized carbons (Fsp3) is 0.385. The standard InChI is InChI=1S/C13H16N2O3/c1-10-5-6-11(8-13(10)15(16)17)14-9-12-4-2-3-7-18-12/h3,5-8,12,14H,2,4,9H2,1H3. The molecule has 0 saturated heterocycles. The first-order valence-corrected chi connectivity index (χ1v) is 5.96. The van der Waals surface area contributed by atoms with Gasteiger partial charge in [0, 0.05) is 17.3 Å². The quantitative estimate of drug-likeness (QED) is 0.657. The molecule has 0 saturated carbocycles. The van der Waals surface area contributed by atoms with Crippen molar-refractivity contribution in [2.45, 2.75) is 25.9 Å². The van der Waals surface area contributed by atoms with Gasteiger partial charge in [0.1, 0.15) is 6.10 Å². The number of anilines is 1. The second-order valence-electron chi connectivity index (χ2n) is 4.35. The number of ether oxygens (including phenoxy) is 1. The summed E-state index contributed by atoms with van der Waals surface area (Å²) in [6.45, 7) is 2.39. The summed E-state index contributed by atoms with van der Waals surface area (Å²) in [7, 11) is 0. The average molecular weight is 248 g/mol. The smallest absolute Gasteiger partial charge is 0.274 e. The first-order chi connectivity index (χ1) is 8.66. The average Bonchev–Trinajstić information content (AvgIpc) is 2.38. The Kier molecular flexibility index (Phi) is 3.82. The van der Waals surface area contributed by atoms with Crippen LogP contribution in [-0.4, -0.2) is 17.6 Å². The van der Waals surface area contributed by atoms with Crippen LogP contribution in [0.4, 0.5) is 11.4 Å². The lowest BCUT2D eigenvalue weighted by atomic mass is 10.1. The Labute approximate surface area is 106 Å². The van der Waals surface area contributed by atoms with Crippen molar-refractivity contribution >= 4 is 11.4 Å². The zero-order valence-electron chi connectivity index (χ0n) is 10.3. The van der Waals surface area contributed by atoms with Gasteiger partial charge in [0.05, 0.1) is 17.7 Å². The number of nitrogens with one attached hydrogen (secondary N) is 1. The maximum atomic E-state index is 10.8. The topological polar surface area (TPSA) is 64.4 Å². The van der Waals surface area contributed by atoms with Gasteiger partial charge < -0.3 is 10.1 Å². The van der Waals surface area contributed by atoms with Crippen molar-refractivity contribution < 1.29 is 9.66 Å². The molecule has 1 aromatic carbocycles. The molecule has 1 unspecified atom stereocenters. The van der Waals surface area contributed by atoms with Crippen LogP contribution in [0.15, 0.2) is 30.5 Å². The van der Waals surface area contributed by atoms with E-state index in [1.165, 1.54) is 0 Å². The Morgan fingerprint density at radius 3 is 3.06 bits per heavy atom. The second kappa shape index (κ2) is 5.53. The third-order valence-electron chi connectivity index (χ3n) is 2.96. The summed E-state index contributed by atoms with van der Waals surface area (Å²) in [6.07, 6.45) is 5.83. The SMILES string of the molecule is Cc1ccc(NCC2CCC=CO2)cc1[N+](=O)[O-]. The highest BCUT2D eigenvalue weighted by molar-refractivity contribution is 5.54. The fourth-order valence-electron chi connectivity index (χ4n) is 1.88. The van der Waals surface area contributed by atoms with Crippen LogP contribution in [0.1, 0.15) is 18.4 Å². The van der Waals surface area contributed by atoms with Crippen molar-refractivity contribution in [3.05, 3.63) is 46.2 Å². The Balaban J connectivity index is 1.99. The minimum Gasteiger partial charge on any atom is -0.497 e. The van der Waals surface area contributed by atoms with E-state index in [4.69, 9.17) is 4.74 Å². The van der Waals surface area contributed by atoms with Gasteiger partial charge in [-0.15, -0.1) is 0 Å². The molecule has 96 valence electrons. The number of hydrogen-bond donors (Lipinski definition) is 1. The molecule has 1 aliphatic rings. The number of nitro groups is 1. The van der Waals surface area contributed by atoms with Gasteiger partial charge in [-0.2, -0.15) is 0 Å². The van der Waals surface area contributed by atoms with E-state index in [1.807, 2.05) is 12.1 Å². The number of benzene rings is 1. The Morgan fingerprint density at radius 2 is 2.39 bits per heavy atom. The van der Waals surface area contributed by atoms with E-state index >= 15 is 0 Å². The van der Waals surface area contributed by atoms with Gasteiger partial charge in [0.25, 0.3) is 5.69 Å². The van der Waals surface area contributed by atoms with Crippen LogP contribution in [0.3, 0.4) is 0 Å². The van der Waals surface area contributed by atoms with E-state index in [9.17, 15) is 10.1 Å². The van der Waals surface area contributed by atoms with E-state index in [-0.39, 0.29) is 16.7 Å². The molecule has 5 nitrogen and oxygen atoms in total. The molecule has 2 rings (SSSR count). The first-order valence-electron chi connectivity index (χ1n) is 5.96. The number of nitro benzene ring substituents is 1. The summed E-state index contributed by atoms with van der Waals surface area (Å²) in [5, 5.41) is 14.0. The lowest BCUT2D eigenvalue weighted by Gasteiger charge is -2.20. The summed E-state index contributed by atoms with van der Waals surface area (Å²) in [6, 6.07) is 5.16. The minimum absolute atomic E-state index is 0.135. The van der Waals surface area contributed by atoms with Crippen molar-refractivity contribution in [3.63, 3.8) is 0 Å². The number of allylic oxidation sites excluding steroid dienone is 1. The summed E-state index contributed by atoms with van der Waals surface area (Å²) in [4.78, 5) is 10.5. The van der Waals surface area contributed by atoms with Crippen molar-refractivity contribution in [1.29, 1.82) is 0 Å². The number of rotatable bonds is 4. The third-order valence-corrected chi connectivity index (χ3v) is 2.96. The molecule has 18 heavy (non-hydrogen) atoms. The molecule has 5 heteroatoms. The largest absolute Gasteiger partial charge is 0.497 e. The van der Waals surface area contributed by atoms with Crippen LogP contribution >= 0.6 is 0 Å². The molecule has 1 N–H and O–H groups in total. The summed E-state index contributed by atoms with van der Waals surface area (Å²) < 4.78 is 5.42. The van der Waals surface area contributed by atoms with Gasteiger partial charge >= 0.3 is 0 Å². The molecule has 0 bridgehead atoms. The van der Waals surface area contributed by atoms with E-state index in [0.717, 1.165) is 18.5 Å². The van der Waals surface area contributed by atoms with Crippen LogP contribution in [-0.2, 0) is 4.74 Å². The van der Waals surface area contributed by atoms with Gasteiger partial charge in [0.15, 0.2) is 0 Å². The molecule has 1 atom stereocenters. The second-order valence-corrected chi connectivity index (χ2v) is 4.35. The third kappa shape index (κ3) is 3.00. The molecule has 1 aliphatic heterocycles. The first kappa shape index (κ1) is 12.4. The highest BCUT2D eigenvalue weighted by atomic mass is 16.6. The minimum atomic E-state index is -0.361. The highest BCUT2D eigenvalue weighted by Crippen LogP contribution is 2.22. The van der Waals surface area contributed by atoms with Crippen LogP contribution in [0, 0.1) is 17.0 Å². The lowest BCUT2D eigenvalue weighted by Crippen LogP contribution is -2.22. The van der Waals surface area contributed by atoms with Crippen molar-refractivity contribution in [2.75, 3.05) is 11.9 Å². The van der Waals surface area contributed by atoms with Gasteiger partial charge in [-0.25, -0.2) is 0 Å². The van der Waals surface area contributed by atoms with Crippen LogP contribution in [0.5, 0.6) is 0 Å². The summed E-state index contributed by atoms with van der Waals surface area (Å²) in [5.74, 6) is 0. The van der Waals surface area contributed by atoms with E-state index in [0.29, 0.717) is 12.1 Å². The molecule has 0 aliphatic carbocycles. The molecular formula is C13H16N2O3. The molecule has 1 aromatic rings. The molecule has 0 aromatic heterocycles. The van der Waals surface area contributed by atoms with Gasteiger partial charge in [-0.3, -0.25) is 10.1 Å². The van der Waals surface area contributed by atoms with Gasteiger partial charge in [-0.1, -0.05) is 6.07 Å². The molecule has 0 amide bonds. The van der Waals surface area contributed by atoms with Crippen molar-refractivity contribution in [3.8, 4) is 0 Å². The lowest BCUT2D eigenvalue weighted by molar-refractivity contribution is -0.385. The Bertz CT molecular complexity index is 471. The van der Waals surface area contributed by atoms with E-state index in [1.54, 1.807) is 25.3 Å². The summed E-state index contributed by atoms with van der Waals surface area (Å²) >= 11 is 0. The molecule has 0 spiro atoms. The molecular weight excluding hydrogens is 232 g/mol. The van der Waals surface area contributed by atoms with Gasteiger partial charge in [-0.05, 0) is 31.9 Å². The van der Waals surface area contributed by atoms with Crippen molar-refractivity contribution in [1.82, 2.24) is 0 Å². The molecule has 0 fully saturated rings. The maximum absolute atomic E-state index is 10.8. The maximum Gasteiger partial charge on any atom is 0.274 e. The zero-order valence-corrected chi connectivity index (χ0v) is 10.3. The van der Waals surface area contributed by atoms with Crippen LogP contribution in [0.2, 0.25) is 0 Å². The highest BCUT2D eigenvalue weighted by Gasteiger charge is 2.13. The predicted molar refractivity (Wildman–Crippen MR) is 69.6 cm³/mol. The molecule has 1 heterocycles. The van der Waals surface area contributed by atoms with E-state index < -0.39 is 0 Å². The number of aryl methyl sites for hydroxylation is 1. The predicted octanol–water partition coefficient (Wildman–Crippen LogP) is 3.01. The molecule has 0 radical (unpaired) electrons. The van der Waals surface area contributed by atoms with Gasteiger partial charge in [0.2, 0.25) is 0 Å². The normalized spacial score (nSPS) is 18.2.